The molecule has 0 spiro atoms. The molecule has 0 heterocycles. The molecule has 0 saturated heterocycles. The number of halogens is 2. The molecule has 6 nitrogen and oxygen atoms in total. The van der Waals surface area contributed by atoms with Gasteiger partial charge in [-0.15, -0.1) is 0 Å². The number of alkyl halides is 2. The van der Waals surface area contributed by atoms with Crippen LogP contribution < -0.4 is 10.1 Å². The van der Waals surface area contributed by atoms with Crippen LogP contribution in [-0.4, -0.2) is 48.6 Å². The molecule has 0 radical (unpaired) electrons. The summed E-state index contributed by atoms with van der Waals surface area (Å²) in [6.07, 6.45) is -2.70. The highest BCUT2D eigenvalue weighted by atomic mass is 19.3. The first-order valence-corrected chi connectivity index (χ1v) is 6.13. The minimum atomic E-state index is -2.55. The van der Waals surface area contributed by atoms with E-state index in [4.69, 9.17) is 9.84 Å². The van der Waals surface area contributed by atoms with Gasteiger partial charge in [0.05, 0.1) is 6.42 Å². The number of rotatable bonds is 7. The second-order valence-electron chi connectivity index (χ2n) is 4.22. The predicted octanol–water partition coefficient (Wildman–Crippen LogP) is 2.27. The van der Waals surface area contributed by atoms with E-state index in [2.05, 4.69) is 5.32 Å². The van der Waals surface area contributed by atoms with Crippen LogP contribution in [0, 0.1) is 0 Å². The third kappa shape index (κ3) is 6.55. The Bertz CT molecular complexity index is 480. The summed E-state index contributed by atoms with van der Waals surface area (Å²) in [5, 5.41) is 11.1. The first-order chi connectivity index (χ1) is 9.88. The molecule has 0 bridgehead atoms. The van der Waals surface area contributed by atoms with E-state index >= 15 is 0 Å². The lowest BCUT2D eigenvalue weighted by molar-refractivity contribution is -0.137. The van der Waals surface area contributed by atoms with Gasteiger partial charge in [-0.25, -0.2) is 13.6 Å². The molecular weight excluding hydrogens is 286 g/mol. The molecule has 116 valence electrons. The number of carbonyl (C=O) groups is 2. The standard InChI is InChI=1S/C13H16F2N2O4/c1-17(7-6-12(18)19)13(20)16-9-2-4-10(5-3-9)21-8-11(14)15/h2-5,11H,6-8H2,1H3,(H,16,20)(H,18,19). The van der Waals surface area contributed by atoms with Crippen molar-refractivity contribution in [1.82, 2.24) is 4.90 Å². The van der Waals surface area contributed by atoms with Crippen LogP contribution in [0.3, 0.4) is 0 Å². The molecule has 0 aromatic heterocycles. The molecule has 0 fully saturated rings. The van der Waals surface area contributed by atoms with Gasteiger partial charge in [0, 0.05) is 19.3 Å². The molecule has 2 N–H and O–H groups in total. The van der Waals surface area contributed by atoms with Gasteiger partial charge in [0.1, 0.15) is 12.4 Å². The lowest BCUT2D eigenvalue weighted by Crippen LogP contribution is -2.33. The highest BCUT2D eigenvalue weighted by Gasteiger charge is 2.10. The molecule has 21 heavy (non-hydrogen) atoms. The maximum Gasteiger partial charge on any atom is 0.321 e. The van der Waals surface area contributed by atoms with E-state index in [9.17, 15) is 18.4 Å². The Morgan fingerprint density at radius 1 is 1.33 bits per heavy atom. The summed E-state index contributed by atoms with van der Waals surface area (Å²) in [7, 11) is 1.47. The Balaban J connectivity index is 2.47. The highest BCUT2D eigenvalue weighted by molar-refractivity contribution is 5.89. The number of hydrogen-bond acceptors (Lipinski definition) is 3. The van der Waals surface area contributed by atoms with E-state index in [-0.39, 0.29) is 18.7 Å². The Morgan fingerprint density at radius 3 is 2.48 bits per heavy atom. The molecule has 1 aromatic carbocycles. The second-order valence-corrected chi connectivity index (χ2v) is 4.22. The highest BCUT2D eigenvalue weighted by Crippen LogP contribution is 2.16. The Hall–Kier alpha value is -2.38. The van der Waals surface area contributed by atoms with E-state index in [1.165, 1.54) is 36.2 Å². The average molecular weight is 302 g/mol. The topological polar surface area (TPSA) is 78.9 Å². The maximum atomic E-state index is 12.0. The van der Waals surface area contributed by atoms with Gasteiger partial charge in [0.25, 0.3) is 6.43 Å². The number of nitrogens with zero attached hydrogens (tertiary/aromatic N) is 1. The van der Waals surface area contributed by atoms with Crippen molar-refractivity contribution in [2.24, 2.45) is 0 Å². The minimum absolute atomic E-state index is 0.0801. The van der Waals surface area contributed by atoms with Crippen molar-refractivity contribution in [3.8, 4) is 5.75 Å². The zero-order chi connectivity index (χ0) is 15.8. The number of carbonyl (C=O) groups excluding carboxylic acids is 1. The normalized spacial score (nSPS) is 10.3. The second kappa shape index (κ2) is 8.03. The van der Waals surface area contributed by atoms with Crippen LogP contribution in [-0.2, 0) is 4.79 Å². The number of aliphatic carboxylic acids is 1. The fourth-order valence-electron chi connectivity index (χ4n) is 1.38. The molecule has 0 aliphatic heterocycles. The molecular formula is C13H16F2N2O4. The van der Waals surface area contributed by atoms with Crippen LogP contribution in [0.25, 0.3) is 0 Å². The first kappa shape index (κ1) is 16.7. The summed E-state index contributed by atoms with van der Waals surface area (Å²) in [4.78, 5) is 23.4. The molecule has 2 amide bonds. The Morgan fingerprint density at radius 2 is 1.95 bits per heavy atom. The molecule has 0 atom stereocenters. The van der Waals surface area contributed by atoms with Crippen LogP contribution in [0.1, 0.15) is 6.42 Å². The number of nitrogens with one attached hydrogen (secondary N) is 1. The zero-order valence-corrected chi connectivity index (χ0v) is 11.4. The lowest BCUT2D eigenvalue weighted by atomic mass is 10.3. The van der Waals surface area contributed by atoms with Gasteiger partial charge in [0.2, 0.25) is 0 Å². The van der Waals surface area contributed by atoms with E-state index in [1.54, 1.807) is 0 Å². The quantitative estimate of drug-likeness (QED) is 0.810. The largest absolute Gasteiger partial charge is 0.488 e. The lowest BCUT2D eigenvalue weighted by Gasteiger charge is -2.17. The van der Waals surface area contributed by atoms with E-state index < -0.39 is 25.0 Å². The minimum Gasteiger partial charge on any atom is -0.488 e. The molecule has 0 saturated carbocycles. The fraction of sp³-hybridized carbons (Fsp3) is 0.385. The van der Waals surface area contributed by atoms with Gasteiger partial charge in [-0.1, -0.05) is 0 Å². The number of anilines is 1. The van der Waals surface area contributed by atoms with Crippen LogP contribution in [0.15, 0.2) is 24.3 Å². The number of benzene rings is 1. The van der Waals surface area contributed by atoms with E-state index in [0.717, 1.165) is 0 Å². The summed E-state index contributed by atoms with van der Waals surface area (Å²) >= 11 is 0. The Kier molecular flexibility index (Phi) is 6.38. The van der Waals surface area contributed by atoms with E-state index in [0.29, 0.717) is 5.69 Å². The summed E-state index contributed by atoms with van der Waals surface area (Å²) in [5.74, 6) is -0.720. The average Bonchev–Trinajstić information content (AvgIpc) is 2.43. The van der Waals surface area contributed by atoms with Crippen molar-refractivity contribution >= 4 is 17.7 Å². The molecule has 0 aliphatic carbocycles. The van der Waals surface area contributed by atoms with Gasteiger partial charge in [-0.2, -0.15) is 0 Å². The number of amides is 2. The van der Waals surface area contributed by atoms with Gasteiger partial charge in [0.15, 0.2) is 0 Å². The number of ether oxygens (including phenoxy) is 1. The SMILES string of the molecule is CN(CCC(=O)O)C(=O)Nc1ccc(OCC(F)F)cc1. The molecule has 1 rings (SSSR count). The van der Waals surface area contributed by atoms with Gasteiger partial charge >= 0.3 is 12.0 Å². The number of urea groups is 1. The van der Waals surface area contributed by atoms with Crippen molar-refractivity contribution in [1.29, 1.82) is 0 Å². The van der Waals surface area contributed by atoms with Crippen LogP contribution in [0.5, 0.6) is 5.75 Å². The van der Waals surface area contributed by atoms with Crippen LogP contribution >= 0.6 is 0 Å². The smallest absolute Gasteiger partial charge is 0.321 e. The molecule has 8 heteroatoms. The van der Waals surface area contributed by atoms with Gasteiger partial charge in [-0.05, 0) is 24.3 Å². The third-order valence-corrected chi connectivity index (χ3v) is 2.49. The zero-order valence-electron chi connectivity index (χ0n) is 11.4. The predicted molar refractivity (Wildman–Crippen MR) is 71.8 cm³/mol. The van der Waals surface area contributed by atoms with Crippen molar-refractivity contribution in [3.05, 3.63) is 24.3 Å². The summed E-state index contributed by atoms with van der Waals surface area (Å²) in [5.41, 5.74) is 0.451. The van der Waals surface area contributed by atoms with Crippen molar-refractivity contribution < 1.29 is 28.2 Å². The van der Waals surface area contributed by atoms with Crippen molar-refractivity contribution in [2.75, 3.05) is 25.5 Å². The van der Waals surface area contributed by atoms with Crippen molar-refractivity contribution in [2.45, 2.75) is 12.8 Å². The first-order valence-electron chi connectivity index (χ1n) is 6.13. The molecule has 0 aliphatic rings. The van der Waals surface area contributed by atoms with Gasteiger partial charge in [-0.3, -0.25) is 4.79 Å². The van der Waals surface area contributed by atoms with E-state index in [1.807, 2.05) is 0 Å². The third-order valence-electron chi connectivity index (χ3n) is 2.49. The number of hydrogen-bond donors (Lipinski definition) is 2. The Labute approximate surface area is 120 Å². The monoisotopic (exact) mass is 302 g/mol. The fourth-order valence-corrected chi connectivity index (χ4v) is 1.38. The number of carboxylic acid groups (broad SMARTS) is 1. The molecule has 1 aromatic rings. The maximum absolute atomic E-state index is 12.0. The summed E-state index contributed by atoms with van der Waals surface area (Å²) in [6, 6.07) is 5.45. The summed E-state index contributed by atoms with van der Waals surface area (Å²) < 4.78 is 28.7. The molecule has 0 unspecified atom stereocenters. The van der Waals surface area contributed by atoms with Crippen LogP contribution in [0.4, 0.5) is 19.3 Å². The van der Waals surface area contributed by atoms with Crippen LogP contribution in [0.2, 0.25) is 0 Å². The van der Waals surface area contributed by atoms with Gasteiger partial charge < -0.3 is 20.1 Å². The summed E-state index contributed by atoms with van der Waals surface area (Å²) in [6.45, 7) is -0.611. The number of carboxylic acids is 1. The van der Waals surface area contributed by atoms with Crippen molar-refractivity contribution in [3.63, 3.8) is 0 Å².